The molecule has 5 aromatic rings. The number of nitrogens with one attached hydrogen (secondary N) is 1. The molecule has 6 nitrogen and oxygen atoms in total. The molecule has 0 unspecified atom stereocenters. The highest BCUT2D eigenvalue weighted by atomic mass is 35.5. The average molecular weight is 564 g/mol. The summed E-state index contributed by atoms with van der Waals surface area (Å²) in [6.45, 7) is 0. The number of nitrogens with zero attached hydrogens (tertiary/aromatic N) is 3. The third-order valence-electron chi connectivity index (χ3n) is 4.90. The van der Waals surface area contributed by atoms with Gasteiger partial charge in [-0.1, -0.05) is 11.6 Å². The Morgan fingerprint density at radius 3 is 2.53 bits per heavy atom. The Hall–Kier alpha value is -2.50. The molecule has 0 fully saturated rings. The van der Waals surface area contributed by atoms with Gasteiger partial charge in [-0.2, -0.15) is 5.10 Å². The maximum atomic E-state index is 14.4. The van der Waals surface area contributed by atoms with Crippen molar-refractivity contribution in [2.45, 2.75) is 4.21 Å². The summed E-state index contributed by atoms with van der Waals surface area (Å²) < 4.78 is 53.5. The normalized spacial score (nSPS) is 11.3. The highest BCUT2D eigenvalue weighted by Crippen LogP contribution is 2.37. The van der Waals surface area contributed by atoms with Crippen LogP contribution in [0.1, 0.15) is 0 Å². The molecule has 0 saturated carbocycles. The van der Waals surface area contributed by atoms with Crippen molar-refractivity contribution in [3.05, 3.63) is 71.6 Å². The fraction of sp³-hybridized carbons (Fsp3) is 0.0476. The molecule has 4 heterocycles. The summed E-state index contributed by atoms with van der Waals surface area (Å²) in [4.78, 5) is 5.05. The molecule has 0 saturated heterocycles. The van der Waals surface area contributed by atoms with Crippen LogP contribution in [0.3, 0.4) is 0 Å². The van der Waals surface area contributed by atoms with Gasteiger partial charge < -0.3 is 0 Å². The zero-order valence-electron chi connectivity index (χ0n) is 17.1. The molecule has 0 spiro atoms. The van der Waals surface area contributed by atoms with Gasteiger partial charge >= 0.3 is 0 Å². The second-order valence-electron chi connectivity index (χ2n) is 7.08. The number of rotatable bonds is 4. The van der Waals surface area contributed by atoms with Crippen molar-refractivity contribution < 1.29 is 17.2 Å². The molecule has 0 radical (unpaired) electrons. The van der Waals surface area contributed by atoms with E-state index < -0.39 is 21.5 Å². The average Bonchev–Trinajstić information content (AvgIpc) is 3.46. The van der Waals surface area contributed by atoms with Crippen LogP contribution in [0.15, 0.2) is 59.2 Å². The molecule has 1 N–H and O–H groups in total. The van der Waals surface area contributed by atoms with Gasteiger partial charge in [0, 0.05) is 41.4 Å². The van der Waals surface area contributed by atoms with E-state index in [-0.39, 0.29) is 34.6 Å². The van der Waals surface area contributed by atoms with E-state index in [1.165, 1.54) is 6.07 Å². The molecule has 34 heavy (non-hydrogen) atoms. The van der Waals surface area contributed by atoms with Crippen LogP contribution >= 0.6 is 47.8 Å². The van der Waals surface area contributed by atoms with Gasteiger partial charge in [-0.05, 0) is 30.3 Å². The third-order valence-corrected chi connectivity index (χ3v) is 8.10. The Morgan fingerprint density at radius 1 is 1.09 bits per heavy atom. The van der Waals surface area contributed by atoms with Crippen molar-refractivity contribution in [3.63, 3.8) is 0 Å². The van der Waals surface area contributed by atoms with Crippen molar-refractivity contribution in [2.75, 3.05) is 6.26 Å². The Morgan fingerprint density at radius 2 is 1.85 bits per heavy atom. The summed E-state index contributed by atoms with van der Waals surface area (Å²) in [5, 5.41) is 7.21. The lowest BCUT2D eigenvalue weighted by molar-refractivity contribution is 0.585. The summed E-state index contributed by atoms with van der Waals surface area (Å²) in [7, 11) is -3.33. The number of sulfone groups is 1. The molecule has 178 valence electrons. The van der Waals surface area contributed by atoms with Crippen LogP contribution in [0.2, 0.25) is 5.02 Å². The van der Waals surface area contributed by atoms with Crippen molar-refractivity contribution in [2.24, 2.45) is 0 Å². The van der Waals surface area contributed by atoms with Crippen molar-refractivity contribution >= 4 is 63.2 Å². The number of halogens is 5. The quantitative estimate of drug-likeness (QED) is 0.278. The largest absolute Gasteiger partial charge is 0.297 e. The Balaban J connectivity index is 0.00000162. The zero-order chi connectivity index (χ0) is 22.6. The molecule has 4 aromatic heterocycles. The molecule has 0 aliphatic heterocycles. The maximum absolute atomic E-state index is 14.4. The number of pyridine rings is 1. The predicted octanol–water partition coefficient (Wildman–Crippen LogP) is 6.30. The van der Waals surface area contributed by atoms with Crippen molar-refractivity contribution in [1.29, 1.82) is 0 Å². The molecule has 0 amide bonds. The van der Waals surface area contributed by atoms with Crippen LogP contribution in [0.4, 0.5) is 8.78 Å². The highest BCUT2D eigenvalue weighted by Gasteiger charge is 2.19. The summed E-state index contributed by atoms with van der Waals surface area (Å²) in [6.07, 6.45) is 6.12. The SMILES string of the molecule is CS(=O)(=O)c1ccc(-c2cnc3c(Cl)cc(-c4c[nH]nc4-c4ccc(F)cc4F)cn23)s1.Cl.Cl. The van der Waals surface area contributed by atoms with Gasteiger partial charge in [-0.3, -0.25) is 9.50 Å². The number of aromatic nitrogens is 4. The number of aromatic amines is 1. The first kappa shape index (κ1) is 26.1. The maximum Gasteiger partial charge on any atom is 0.184 e. The lowest BCUT2D eigenvalue weighted by Crippen LogP contribution is -1.93. The van der Waals surface area contributed by atoms with Crippen LogP contribution < -0.4 is 0 Å². The Kier molecular flexibility index (Phi) is 7.40. The highest BCUT2D eigenvalue weighted by molar-refractivity contribution is 7.92. The number of hydrogen-bond acceptors (Lipinski definition) is 5. The molecule has 5 rings (SSSR count). The molecule has 0 atom stereocenters. The number of imidazole rings is 1. The lowest BCUT2D eigenvalue weighted by atomic mass is 10.0. The van der Waals surface area contributed by atoms with Crippen LogP contribution in [-0.4, -0.2) is 34.3 Å². The number of thiophene rings is 1. The predicted molar refractivity (Wildman–Crippen MR) is 134 cm³/mol. The Labute approximate surface area is 214 Å². The number of fused-ring (bicyclic) bond motifs is 1. The molecular formula is C21H15Cl3F2N4O2S2. The molecule has 1 aromatic carbocycles. The Bertz CT molecular complexity index is 1610. The van der Waals surface area contributed by atoms with Gasteiger partial charge in [0.1, 0.15) is 21.5 Å². The van der Waals surface area contributed by atoms with E-state index in [1.54, 1.807) is 41.2 Å². The smallest absolute Gasteiger partial charge is 0.184 e. The number of hydrogen-bond donors (Lipinski definition) is 1. The summed E-state index contributed by atoms with van der Waals surface area (Å²) >= 11 is 7.61. The van der Waals surface area contributed by atoms with Gasteiger partial charge in [-0.15, -0.1) is 36.2 Å². The van der Waals surface area contributed by atoms with Crippen LogP contribution in [0.5, 0.6) is 0 Å². The molecule has 0 bridgehead atoms. The number of H-pyrrole nitrogens is 1. The van der Waals surface area contributed by atoms with E-state index in [1.807, 2.05) is 0 Å². The second kappa shape index (κ2) is 9.63. The van der Waals surface area contributed by atoms with Gasteiger partial charge in [0.05, 0.1) is 21.8 Å². The standard InChI is InChI=1S/C21H13ClF2N4O2S2.2ClH/c1-32(29,30)19-5-4-18(31-19)17-9-25-21-15(22)6-11(10-28(17)21)14-8-26-27-20(14)13-3-2-12(23)7-16(13)24;;/h2-10H,1H3,(H,26,27);2*1H. The lowest BCUT2D eigenvalue weighted by Gasteiger charge is -2.08. The molecule has 0 aliphatic rings. The first-order valence-corrected chi connectivity index (χ1v) is 12.3. The van der Waals surface area contributed by atoms with E-state index in [0.717, 1.165) is 29.7 Å². The summed E-state index contributed by atoms with van der Waals surface area (Å²) in [6, 6.07) is 8.23. The van der Waals surface area contributed by atoms with Gasteiger partial charge in [-0.25, -0.2) is 22.2 Å². The first-order chi connectivity index (χ1) is 15.2. The monoisotopic (exact) mass is 562 g/mol. The minimum atomic E-state index is -3.33. The van der Waals surface area contributed by atoms with Gasteiger partial charge in [0.25, 0.3) is 0 Å². The van der Waals surface area contributed by atoms with Crippen LogP contribution in [0, 0.1) is 11.6 Å². The van der Waals surface area contributed by atoms with E-state index in [9.17, 15) is 17.2 Å². The first-order valence-electron chi connectivity index (χ1n) is 9.19. The van der Waals surface area contributed by atoms with E-state index >= 15 is 0 Å². The molecule has 13 heteroatoms. The third kappa shape index (κ3) is 4.56. The fourth-order valence-corrected chi connectivity index (χ4v) is 5.62. The van der Waals surface area contributed by atoms with Crippen LogP contribution in [-0.2, 0) is 9.84 Å². The van der Waals surface area contributed by atoms with Crippen molar-refractivity contribution in [3.8, 4) is 33.0 Å². The topological polar surface area (TPSA) is 80.1 Å². The van der Waals surface area contributed by atoms with E-state index in [0.29, 0.717) is 38.1 Å². The fourth-order valence-electron chi connectivity index (χ4n) is 3.43. The molecular weight excluding hydrogens is 549 g/mol. The van der Waals surface area contributed by atoms with Crippen molar-refractivity contribution in [1.82, 2.24) is 19.6 Å². The minimum absolute atomic E-state index is 0. The molecule has 0 aliphatic carbocycles. The summed E-state index contributed by atoms with van der Waals surface area (Å²) in [5.41, 5.74) is 2.76. The van der Waals surface area contributed by atoms with E-state index in [2.05, 4.69) is 15.2 Å². The second-order valence-corrected chi connectivity index (χ2v) is 10.8. The zero-order valence-corrected chi connectivity index (χ0v) is 21.1. The van der Waals surface area contributed by atoms with Gasteiger partial charge in [0.2, 0.25) is 0 Å². The summed E-state index contributed by atoms with van der Waals surface area (Å²) in [5.74, 6) is -1.42. The number of benzene rings is 1. The minimum Gasteiger partial charge on any atom is -0.297 e. The van der Waals surface area contributed by atoms with Crippen LogP contribution in [0.25, 0.3) is 38.6 Å². The van der Waals surface area contributed by atoms with E-state index in [4.69, 9.17) is 11.6 Å². The van der Waals surface area contributed by atoms with Gasteiger partial charge in [0.15, 0.2) is 15.5 Å².